The van der Waals surface area contributed by atoms with Crippen molar-refractivity contribution in [3.63, 3.8) is 0 Å². The third-order valence-corrected chi connectivity index (χ3v) is 4.72. The lowest BCUT2D eigenvalue weighted by Crippen LogP contribution is -2.39. The van der Waals surface area contributed by atoms with E-state index in [0.29, 0.717) is 12.5 Å². The maximum Gasteiger partial charge on any atom is 0.191 e. The van der Waals surface area contributed by atoms with Crippen LogP contribution in [0.5, 0.6) is 0 Å². The normalized spacial score (nSPS) is 22.5. The lowest BCUT2D eigenvalue weighted by molar-refractivity contribution is 0.136. The Bertz CT molecular complexity index is 460. The van der Waals surface area contributed by atoms with Crippen LogP contribution in [0, 0.1) is 12.8 Å². The molecular weight excluding hydrogens is 284 g/mol. The van der Waals surface area contributed by atoms with Crippen LogP contribution in [0.15, 0.2) is 11.2 Å². The van der Waals surface area contributed by atoms with E-state index in [0.717, 1.165) is 49.7 Å². The van der Waals surface area contributed by atoms with Gasteiger partial charge in [0.15, 0.2) is 5.96 Å². The van der Waals surface area contributed by atoms with Crippen LogP contribution >= 0.6 is 11.3 Å². The monoisotopic (exact) mass is 310 g/mol. The minimum Gasteiger partial charge on any atom is -0.393 e. The molecular formula is C15H26N4OS. The minimum atomic E-state index is -0.171. The van der Waals surface area contributed by atoms with E-state index in [1.807, 2.05) is 6.20 Å². The molecule has 2 atom stereocenters. The Morgan fingerprint density at radius 2 is 2.33 bits per heavy atom. The van der Waals surface area contributed by atoms with E-state index in [2.05, 4.69) is 34.5 Å². The molecule has 5 nitrogen and oxygen atoms in total. The van der Waals surface area contributed by atoms with Crippen LogP contribution in [0.25, 0.3) is 0 Å². The van der Waals surface area contributed by atoms with Crippen LogP contribution < -0.4 is 10.6 Å². The molecule has 3 N–H and O–H groups in total. The quantitative estimate of drug-likeness (QED) is 0.553. The van der Waals surface area contributed by atoms with E-state index in [9.17, 15) is 5.11 Å². The summed E-state index contributed by atoms with van der Waals surface area (Å²) in [5.74, 6) is 1.16. The number of aliphatic hydroxyl groups excluding tert-OH is 1. The molecule has 1 heterocycles. The van der Waals surface area contributed by atoms with Crippen molar-refractivity contribution in [1.29, 1.82) is 0 Å². The number of hydrogen-bond acceptors (Lipinski definition) is 4. The number of aromatic nitrogens is 1. The second-order valence-corrected chi connectivity index (χ2v) is 6.84. The lowest BCUT2D eigenvalue weighted by atomic mass is 10.1. The van der Waals surface area contributed by atoms with Gasteiger partial charge in [-0.05, 0) is 26.7 Å². The number of guanidine groups is 1. The van der Waals surface area contributed by atoms with Crippen molar-refractivity contribution in [2.24, 2.45) is 10.9 Å². The summed E-state index contributed by atoms with van der Waals surface area (Å²) in [6.45, 7) is 6.51. The molecule has 6 heteroatoms. The van der Waals surface area contributed by atoms with Gasteiger partial charge < -0.3 is 15.7 Å². The van der Waals surface area contributed by atoms with Crippen molar-refractivity contribution in [2.75, 3.05) is 19.6 Å². The van der Waals surface area contributed by atoms with Gasteiger partial charge in [-0.1, -0.05) is 6.42 Å². The Hall–Kier alpha value is -1.14. The molecule has 1 aliphatic rings. The summed E-state index contributed by atoms with van der Waals surface area (Å²) in [5, 5.41) is 17.6. The average molecular weight is 310 g/mol. The number of nitrogens with one attached hydrogen (secondary N) is 2. The number of thiazole rings is 1. The van der Waals surface area contributed by atoms with E-state index in [4.69, 9.17) is 0 Å². The van der Waals surface area contributed by atoms with E-state index >= 15 is 0 Å². The van der Waals surface area contributed by atoms with E-state index < -0.39 is 0 Å². The highest BCUT2D eigenvalue weighted by Crippen LogP contribution is 2.25. The molecule has 1 aromatic heterocycles. The molecule has 0 radical (unpaired) electrons. The molecule has 1 saturated carbocycles. The van der Waals surface area contributed by atoms with Gasteiger partial charge in [0.1, 0.15) is 0 Å². The molecule has 0 bridgehead atoms. The summed E-state index contributed by atoms with van der Waals surface area (Å²) >= 11 is 1.74. The molecule has 21 heavy (non-hydrogen) atoms. The molecule has 2 rings (SSSR count). The van der Waals surface area contributed by atoms with Gasteiger partial charge in [-0.25, -0.2) is 4.98 Å². The largest absolute Gasteiger partial charge is 0.393 e. The van der Waals surface area contributed by atoms with Crippen LogP contribution in [0.1, 0.15) is 36.1 Å². The average Bonchev–Trinajstić information content (AvgIpc) is 3.05. The molecule has 0 amide bonds. The van der Waals surface area contributed by atoms with E-state index in [1.54, 1.807) is 11.3 Å². The molecule has 2 unspecified atom stereocenters. The lowest BCUT2D eigenvalue weighted by Gasteiger charge is -2.14. The second-order valence-electron chi connectivity index (χ2n) is 5.52. The number of hydrogen-bond donors (Lipinski definition) is 3. The smallest absolute Gasteiger partial charge is 0.191 e. The fourth-order valence-electron chi connectivity index (χ4n) is 2.59. The molecule has 0 saturated heterocycles. The maximum absolute atomic E-state index is 9.84. The van der Waals surface area contributed by atoms with Gasteiger partial charge in [-0.15, -0.1) is 11.3 Å². The molecule has 0 spiro atoms. The zero-order chi connectivity index (χ0) is 15.1. The van der Waals surface area contributed by atoms with Gasteiger partial charge in [0.05, 0.1) is 11.1 Å². The molecule has 1 aliphatic carbocycles. The van der Waals surface area contributed by atoms with Gasteiger partial charge in [0.25, 0.3) is 0 Å². The third kappa shape index (κ3) is 5.28. The van der Waals surface area contributed by atoms with Crippen molar-refractivity contribution in [1.82, 2.24) is 15.6 Å². The Balaban J connectivity index is 1.77. The number of aliphatic imine (C=N–C) groups is 1. The fraction of sp³-hybridized carbons (Fsp3) is 0.733. The van der Waals surface area contributed by atoms with Crippen LogP contribution in [0.4, 0.5) is 0 Å². The van der Waals surface area contributed by atoms with Crippen molar-refractivity contribution < 1.29 is 5.11 Å². The number of aliphatic hydroxyl groups is 1. The Morgan fingerprint density at radius 3 is 2.95 bits per heavy atom. The summed E-state index contributed by atoms with van der Waals surface area (Å²) in [6.07, 6.45) is 5.79. The summed E-state index contributed by atoms with van der Waals surface area (Å²) in [5.41, 5.74) is 0. The standard InChI is InChI=1S/C15H26N4OS/c1-3-16-15(19-10-12-5-4-6-13(12)20)17-8-7-14-18-9-11(2)21-14/h9,12-13,20H,3-8,10H2,1-2H3,(H2,16,17,19). The molecule has 1 aromatic rings. The first kappa shape index (κ1) is 16.2. The highest BCUT2D eigenvalue weighted by molar-refractivity contribution is 7.11. The molecule has 118 valence electrons. The van der Waals surface area contributed by atoms with Crippen molar-refractivity contribution in [3.8, 4) is 0 Å². The first-order valence-electron chi connectivity index (χ1n) is 7.80. The SMILES string of the molecule is CCNC(=NCC1CCCC1O)NCCc1ncc(C)s1. The van der Waals surface area contributed by atoms with Crippen molar-refractivity contribution in [2.45, 2.75) is 45.6 Å². The van der Waals surface area contributed by atoms with Crippen molar-refractivity contribution >= 4 is 17.3 Å². The Kier molecular flexibility index (Phi) is 6.45. The highest BCUT2D eigenvalue weighted by Gasteiger charge is 2.24. The summed E-state index contributed by atoms with van der Waals surface area (Å²) < 4.78 is 0. The number of aryl methyl sites for hydroxylation is 1. The first-order valence-corrected chi connectivity index (χ1v) is 8.62. The zero-order valence-electron chi connectivity index (χ0n) is 12.9. The number of nitrogens with zero attached hydrogens (tertiary/aromatic N) is 2. The second kappa shape index (κ2) is 8.34. The predicted molar refractivity (Wildman–Crippen MR) is 87.9 cm³/mol. The predicted octanol–water partition coefficient (Wildman–Crippen LogP) is 1.71. The Labute approximate surface area is 130 Å². The highest BCUT2D eigenvalue weighted by atomic mass is 32.1. The van der Waals surface area contributed by atoms with Gasteiger partial charge >= 0.3 is 0 Å². The van der Waals surface area contributed by atoms with Crippen LogP contribution in [0.2, 0.25) is 0 Å². The Morgan fingerprint density at radius 1 is 1.48 bits per heavy atom. The number of rotatable bonds is 6. The topological polar surface area (TPSA) is 69.5 Å². The van der Waals surface area contributed by atoms with Gasteiger partial charge in [0, 0.05) is 43.0 Å². The van der Waals surface area contributed by atoms with Gasteiger partial charge in [0.2, 0.25) is 0 Å². The maximum atomic E-state index is 9.84. The van der Waals surface area contributed by atoms with E-state index in [-0.39, 0.29) is 6.10 Å². The summed E-state index contributed by atoms with van der Waals surface area (Å²) in [6, 6.07) is 0. The summed E-state index contributed by atoms with van der Waals surface area (Å²) in [4.78, 5) is 10.2. The van der Waals surface area contributed by atoms with Gasteiger partial charge in [-0.3, -0.25) is 4.99 Å². The molecule has 0 aromatic carbocycles. The molecule has 1 fully saturated rings. The fourth-order valence-corrected chi connectivity index (χ4v) is 3.37. The van der Waals surface area contributed by atoms with Crippen LogP contribution in [-0.4, -0.2) is 41.8 Å². The van der Waals surface area contributed by atoms with Crippen LogP contribution in [0.3, 0.4) is 0 Å². The van der Waals surface area contributed by atoms with Crippen molar-refractivity contribution in [3.05, 3.63) is 16.1 Å². The zero-order valence-corrected chi connectivity index (χ0v) is 13.7. The minimum absolute atomic E-state index is 0.171. The van der Waals surface area contributed by atoms with Crippen LogP contribution in [-0.2, 0) is 6.42 Å². The van der Waals surface area contributed by atoms with Gasteiger partial charge in [-0.2, -0.15) is 0 Å². The first-order chi connectivity index (χ1) is 10.2. The molecule has 0 aliphatic heterocycles. The van der Waals surface area contributed by atoms with E-state index in [1.165, 1.54) is 4.88 Å². The third-order valence-electron chi connectivity index (χ3n) is 3.75. The summed E-state index contributed by atoms with van der Waals surface area (Å²) in [7, 11) is 0.